The molecule has 2 aliphatic rings. The van der Waals surface area contributed by atoms with Crippen molar-refractivity contribution in [3.63, 3.8) is 0 Å². The first-order chi connectivity index (χ1) is 26.2. The summed E-state index contributed by atoms with van der Waals surface area (Å²) in [4.78, 5) is 27.3. The third-order valence-electron chi connectivity index (χ3n) is 11.8. The standard InChI is InChI=1S/C46H68N4O5/c1-29(2)54-42(44(51)50-36-17-12-18-37(28-36)53-7)40(47)27-32-13-10-16-35(25-32)33-23-21-31(22-24-33)26-41(48)43(55-46(4,5)6)45(52)49-30(3)38-20-11-15-34-14-8-9-19-39(34)38/h8-9,11-12,14-15,17-20,28-33,35,40-43H,10,13,16,21-27,47-48H2,1-7H3,(H,49,52)(H,50,51)/t30?,31?,32?,33?,35?,40?,41-,42?,43?/m1/s1. The predicted molar refractivity (Wildman–Crippen MR) is 223 cm³/mol. The molecule has 9 heteroatoms. The molecule has 0 heterocycles. The number of benzene rings is 3. The lowest BCUT2D eigenvalue weighted by Gasteiger charge is -2.40. The molecule has 55 heavy (non-hydrogen) atoms. The number of carbonyl (C=O) groups is 2. The summed E-state index contributed by atoms with van der Waals surface area (Å²) in [5, 5.41) is 8.53. The molecule has 5 rings (SSSR count). The number of hydrogen-bond donors (Lipinski definition) is 4. The molecule has 9 nitrogen and oxygen atoms in total. The number of amides is 2. The zero-order valence-corrected chi connectivity index (χ0v) is 34.4. The molecule has 302 valence electrons. The lowest BCUT2D eigenvalue weighted by molar-refractivity contribution is -0.146. The Bertz CT molecular complexity index is 1680. The van der Waals surface area contributed by atoms with E-state index in [1.54, 1.807) is 13.2 Å². The smallest absolute Gasteiger partial charge is 0.255 e. The number of nitrogens with one attached hydrogen (secondary N) is 2. The number of hydrogen-bond acceptors (Lipinski definition) is 7. The molecule has 6 N–H and O–H groups in total. The Hall–Kier alpha value is -3.50. The van der Waals surface area contributed by atoms with Gasteiger partial charge in [0.2, 0.25) is 0 Å². The topological polar surface area (TPSA) is 138 Å². The Labute approximate surface area is 330 Å². The van der Waals surface area contributed by atoms with Crippen LogP contribution in [0.2, 0.25) is 0 Å². The minimum Gasteiger partial charge on any atom is -0.497 e. The maximum Gasteiger partial charge on any atom is 0.255 e. The van der Waals surface area contributed by atoms with E-state index in [1.165, 1.54) is 25.7 Å². The molecule has 0 bridgehead atoms. The second-order valence-corrected chi connectivity index (χ2v) is 17.6. The van der Waals surface area contributed by atoms with Gasteiger partial charge in [0.15, 0.2) is 12.2 Å². The minimum absolute atomic E-state index is 0.127. The summed E-state index contributed by atoms with van der Waals surface area (Å²) >= 11 is 0. The number of rotatable bonds is 16. The van der Waals surface area contributed by atoms with Crippen LogP contribution in [0.5, 0.6) is 5.75 Å². The van der Waals surface area contributed by atoms with E-state index in [2.05, 4.69) is 34.9 Å². The summed E-state index contributed by atoms with van der Waals surface area (Å²) in [5.74, 6) is 2.58. The van der Waals surface area contributed by atoms with Gasteiger partial charge < -0.3 is 36.3 Å². The molecular weight excluding hydrogens is 689 g/mol. The van der Waals surface area contributed by atoms with Gasteiger partial charge in [-0.3, -0.25) is 9.59 Å². The monoisotopic (exact) mass is 757 g/mol. The fourth-order valence-corrected chi connectivity index (χ4v) is 9.17. The van der Waals surface area contributed by atoms with E-state index in [0.29, 0.717) is 35.1 Å². The van der Waals surface area contributed by atoms with E-state index < -0.39 is 29.9 Å². The molecule has 0 spiro atoms. The molecule has 2 amide bonds. The van der Waals surface area contributed by atoms with Gasteiger partial charge in [0.25, 0.3) is 11.8 Å². The highest BCUT2D eigenvalue weighted by atomic mass is 16.5. The predicted octanol–water partition coefficient (Wildman–Crippen LogP) is 8.69. The van der Waals surface area contributed by atoms with Crippen LogP contribution in [-0.4, -0.2) is 54.9 Å². The second kappa shape index (κ2) is 19.6. The average Bonchev–Trinajstić information content (AvgIpc) is 3.15. The van der Waals surface area contributed by atoms with Crippen molar-refractivity contribution < 1.29 is 23.8 Å². The fourth-order valence-electron chi connectivity index (χ4n) is 9.17. The number of methoxy groups -OCH3 is 1. The number of ether oxygens (including phenoxy) is 3. The van der Waals surface area contributed by atoms with Gasteiger partial charge in [-0.15, -0.1) is 0 Å². The molecule has 0 saturated heterocycles. The molecule has 3 aromatic rings. The van der Waals surface area contributed by atoms with Gasteiger partial charge in [0, 0.05) is 23.8 Å². The second-order valence-electron chi connectivity index (χ2n) is 17.6. The third-order valence-corrected chi connectivity index (χ3v) is 11.8. The Balaban J connectivity index is 1.13. The summed E-state index contributed by atoms with van der Waals surface area (Å²) < 4.78 is 17.9. The third kappa shape index (κ3) is 12.2. The van der Waals surface area contributed by atoms with Crippen molar-refractivity contribution in [3.8, 4) is 5.75 Å². The number of anilines is 1. The van der Waals surface area contributed by atoms with Crippen molar-refractivity contribution in [2.24, 2.45) is 35.1 Å². The van der Waals surface area contributed by atoms with Crippen molar-refractivity contribution in [1.29, 1.82) is 0 Å². The SMILES string of the molecule is COc1cccc(NC(=O)C(OC(C)C)C(N)CC2CCCC(C3CCC(C[C@@H](N)C(OC(C)(C)C)C(=O)NC(C)c4cccc5ccccc45)CC3)C2)c1. The first-order valence-corrected chi connectivity index (χ1v) is 20.8. The highest BCUT2D eigenvalue weighted by Gasteiger charge is 2.37. The molecule has 2 saturated carbocycles. The van der Waals surface area contributed by atoms with Crippen LogP contribution in [0.4, 0.5) is 5.69 Å². The molecule has 6 unspecified atom stereocenters. The normalized spacial score (nSPS) is 23.4. The van der Waals surface area contributed by atoms with Crippen LogP contribution in [0.25, 0.3) is 10.8 Å². The van der Waals surface area contributed by atoms with E-state index in [9.17, 15) is 9.59 Å². The zero-order chi connectivity index (χ0) is 39.7. The molecule has 0 aliphatic heterocycles. The average molecular weight is 757 g/mol. The quantitative estimate of drug-likeness (QED) is 0.115. The number of nitrogens with two attached hydrogens (primary N) is 2. The molecule has 2 aliphatic carbocycles. The molecule has 7 atom stereocenters. The minimum atomic E-state index is -0.737. The summed E-state index contributed by atoms with van der Waals surface area (Å²) in [7, 11) is 1.61. The Morgan fingerprint density at radius 2 is 1.45 bits per heavy atom. The summed E-state index contributed by atoms with van der Waals surface area (Å²) in [5.41, 5.74) is 14.9. The van der Waals surface area contributed by atoms with Gasteiger partial charge in [0.1, 0.15) is 5.75 Å². The Morgan fingerprint density at radius 1 is 0.782 bits per heavy atom. The van der Waals surface area contributed by atoms with Gasteiger partial charge in [-0.1, -0.05) is 80.6 Å². The largest absolute Gasteiger partial charge is 0.497 e. The lowest BCUT2D eigenvalue weighted by Crippen LogP contribution is -2.52. The van der Waals surface area contributed by atoms with Crippen molar-refractivity contribution in [2.75, 3.05) is 12.4 Å². The van der Waals surface area contributed by atoms with E-state index in [0.717, 1.165) is 54.9 Å². The van der Waals surface area contributed by atoms with E-state index in [-0.39, 0.29) is 24.0 Å². The van der Waals surface area contributed by atoms with E-state index in [4.69, 9.17) is 25.7 Å². The number of fused-ring (bicyclic) bond motifs is 1. The van der Waals surface area contributed by atoms with Crippen LogP contribution >= 0.6 is 0 Å². The van der Waals surface area contributed by atoms with Gasteiger partial charge in [0.05, 0.1) is 24.9 Å². The Kier molecular flexibility index (Phi) is 15.2. The van der Waals surface area contributed by atoms with E-state index >= 15 is 0 Å². The zero-order valence-electron chi connectivity index (χ0n) is 34.4. The molecular formula is C46H68N4O5. The van der Waals surface area contributed by atoms with Crippen molar-refractivity contribution >= 4 is 28.3 Å². The van der Waals surface area contributed by atoms with Crippen LogP contribution in [0.15, 0.2) is 66.7 Å². The van der Waals surface area contributed by atoms with Crippen LogP contribution in [0, 0.1) is 23.7 Å². The number of carbonyl (C=O) groups excluding carboxylic acids is 2. The van der Waals surface area contributed by atoms with Crippen molar-refractivity contribution in [2.45, 2.75) is 148 Å². The van der Waals surface area contributed by atoms with Crippen molar-refractivity contribution in [1.82, 2.24) is 5.32 Å². The fraction of sp³-hybridized carbons (Fsp3) is 0.609. The molecule has 2 fully saturated rings. The summed E-state index contributed by atoms with van der Waals surface area (Å²) in [6, 6.07) is 20.8. The maximum absolute atomic E-state index is 13.9. The van der Waals surface area contributed by atoms with E-state index in [1.807, 2.05) is 77.9 Å². The molecule has 0 aromatic heterocycles. The van der Waals surface area contributed by atoms with Gasteiger partial charge in [-0.2, -0.15) is 0 Å². The first kappa shape index (κ1) is 42.6. The lowest BCUT2D eigenvalue weighted by atomic mass is 9.67. The van der Waals surface area contributed by atoms with Crippen molar-refractivity contribution in [3.05, 3.63) is 72.3 Å². The van der Waals surface area contributed by atoms with Gasteiger partial charge >= 0.3 is 0 Å². The summed E-state index contributed by atoms with van der Waals surface area (Å²) in [6.07, 6.45) is 9.24. The van der Waals surface area contributed by atoms with Gasteiger partial charge in [-0.25, -0.2) is 0 Å². The van der Waals surface area contributed by atoms with Crippen LogP contribution in [0.3, 0.4) is 0 Å². The van der Waals surface area contributed by atoms with Crippen LogP contribution < -0.4 is 26.8 Å². The maximum atomic E-state index is 13.9. The highest BCUT2D eigenvalue weighted by Crippen LogP contribution is 2.44. The first-order valence-electron chi connectivity index (χ1n) is 20.8. The van der Waals surface area contributed by atoms with Crippen LogP contribution in [0.1, 0.15) is 117 Å². The van der Waals surface area contributed by atoms with Gasteiger partial charge in [-0.05, 0) is 126 Å². The Morgan fingerprint density at radius 3 is 2.16 bits per heavy atom. The summed E-state index contributed by atoms with van der Waals surface area (Å²) in [6.45, 7) is 11.9. The molecule has 0 radical (unpaired) electrons. The molecule has 3 aromatic carbocycles. The highest BCUT2D eigenvalue weighted by molar-refractivity contribution is 5.95. The van der Waals surface area contributed by atoms with Crippen LogP contribution in [-0.2, 0) is 19.1 Å².